The fourth-order valence-electron chi connectivity index (χ4n) is 5.86. The topological polar surface area (TPSA) is 55.4 Å². The van der Waals surface area contributed by atoms with Gasteiger partial charge < -0.3 is 10.1 Å². The molecule has 0 aromatic heterocycles. The largest absolute Gasteiger partial charge is 0.456 e. The van der Waals surface area contributed by atoms with E-state index < -0.39 is 0 Å². The molecule has 4 nitrogen and oxygen atoms in total. The molecule has 0 spiro atoms. The SMILES string of the molecule is O=C(COC(=O)CC12CC3CC(CC(C3)C1)C2)NCc1ccc(Cl)cc1. The van der Waals surface area contributed by atoms with Crippen molar-refractivity contribution in [3.05, 3.63) is 34.9 Å². The summed E-state index contributed by atoms with van der Waals surface area (Å²) >= 11 is 5.84. The Hall–Kier alpha value is -1.55. The van der Waals surface area contributed by atoms with Gasteiger partial charge in [-0.15, -0.1) is 0 Å². The number of ether oxygens (including phenoxy) is 1. The minimum atomic E-state index is -0.265. The van der Waals surface area contributed by atoms with Crippen LogP contribution in [0.5, 0.6) is 0 Å². The molecule has 4 aliphatic carbocycles. The third-order valence-corrected chi connectivity index (χ3v) is 6.70. The normalized spacial score (nSPS) is 31.7. The van der Waals surface area contributed by atoms with E-state index in [-0.39, 0.29) is 23.9 Å². The third kappa shape index (κ3) is 4.06. The summed E-state index contributed by atoms with van der Waals surface area (Å²) in [5, 5.41) is 3.44. The summed E-state index contributed by atoms with van der Waals surface area (Å²) in [6, 6.07) is 7.30. The molecule has 0 radical (unpaired) electrons. The average Bonchev–Trinajstić information content (AvgIpc) is 2.58. The van der Waals surface area contributed by atoms with Crippen LogP contribution in [0.2, 0.25) is 5.02 Å². The van der Waals surface area contributed by atoms with Crippen LogP contribution in [0.15, 0.2) is 24.3 Å². The van der Waals surface area contributed by atoms with E-state index in [0.717, 1.165) is 23.3 Å². The molecule has 1 N–H and O–H groups in total. The highest BCUT2D eigenvalue weighted by molar-refractivity contribution is 6.30. The fraction of sp³-hybridized carbons (Fsp3) is 0.619. The van der Waals surface area contributed by atoms with Gasteiger partial charge in [-0.3, -0.25) is 9.59 Å². The number of esters is 1. The van der Waals surface area contributed by atoms with E-state index in [1.54, 1.807) is 12.1 Å². The second kappa shape index (κ2) is 7.22. The maximum Gasteiger partial charge on any atom is 0.306 e. The van der Waals surface area contributed by atoms with Crippen molar-refractivity contribution in [3.8, 4) is 0 Å². The highest BCUT2D eigenvalue weighted by Gasteiger charge is 2.51. The van der Waals surface area contributed by atoms with Crippen LogP contribution < -0.4 is 5.32 Å². The Morgan fingerprint density at radius 1 is 1.04 bits per heavy atom. The number of nitrogens with one attached hydrogen (secondary N) is 1. The number of carbonyl (C=O) groups is 2. The number of amides is 1. The van der Waals surface area contributed by atoms with Crippen LogP contribution in [-0.2, 0) is 20.9 Å². The van der Waals surface area contributed by atoms with Crippen LogP contribution in [0.25, 0.3) is 0 Å². The number of carbonyl (C=O) groups excluding carboxylic acids is 2. The number of benzene rings is 1. The standard InChI is InChI=1S/C21H26ClNO3/c22-18-3-1-14(2-4-18)12-23-19(24)13-26-20(25)11-21-8-15-5-16(9-21)7-17(6-15)10-21/h1-4,15-17H,5-13H2,(H,23,24). The molecule has 5 heteroatoms. The third-order valence-electron chi connectivity index (χ3n) is 6.45. The number of hydrogen-bond donors (Lipinski definition) is 1. The van der Waals surface area contributed by atoms with Crippen LogP contribution in [0.4, 0.5) is 0 Å². The van der Waals surface area contributed by atoms with E-state index in [4.69, 9.17) is 16.3 Å². The highest BCUT2D eigenvalue weighted by Crippen LogP contribution is 2.61. The van der Waals surface area contributed by atoms with Crippen LogP contribution in [-0.4, -0.2) is 18.5 Å². The van der Waals surface area contributed by atoms with Gasteiger partial charge in [0.1, 0.15) is 0 Å². The molecule has 0 saturated heterocycles. The first-order chi connectivity index (χ1) is 12.5. The lowest BCUT2D eigenvalue weighted by Crippen LogP contribution is -2.47. The summed E-state index contributed by atoms with van der Waals surface area (Å²) in [6.07, 6.45) is 8.11. The lowest BCUT2D eigenvalue weighted by atomic mass is 9.49. The van der Waals surface area contributed by atoms with Crippen LogP contribution >= 0.6 is 11.6 Å². The van der Waals surface area contributed by atoms with Gasteiger partial charge in [-0.05, 0) is 79.4 Å². The Bertz CT molecular complexity index is 650. The van der Waals surface area contributed by atoms with Gasteiger partial charge in [0, 0.05) is 11.6 Å². The van der Waals surface area contributed by atoms with Crippen molar-refractivity contribution in [2.24, 2.45) is 23.2 Å². The van der Waals surface area contributed by atoms with Gasteiger partial charge >= 0.3 is 5.97 Å². The maximum absolute atomic E-state index is 12.3. The molecule has 1 aromatic rings. The van der Waals surface area contributed by atoms with Crippen LogP contribution in [0.1, 0.15) is 50.5 Å². The smallest absolute Gasteiger partial charge is 0.306 e. The fourth-order valence-corrected chi connectivity index (χ4v) is 5.99. The first kappa shape index (κ1) is 17.8. The number of hydrogen-bond acceptors (Lipinski definition) is 3. The van der Waals surface area contributed by atoms with Crippen molar-refractivity contribution in [1.82, 2.24) is 5.32 Å². The molecule has 4 saturated carbocycles. The summed E-state index contributed by atoms with van der Waals surface area (Å²) < 4.78 is 5.28. The zero-order chi connectivity index (χ0) is 18.1. The highest BCUT2D eigenvalue weighted by atomic mass is 35.5. The van der Waals surface area contributed by atoms with Gasteiger partial charge in [0.15, 0.2) is 6.61 Å². The van der Waals surface area contributed by atoms with Gasteiger partial charge in [-0.1, -0.05) is 23.7 Å². The zero-order valence-electron chi connectivity index (χ0n) is 15.0. The molecule has 1 amide bonds. The van der Waals surface area contributed by atoms with E-state index in [1.165, 1.54) is 38.5 Å². The van der Waals surface area contributed by atoms with E-state index in [9.17, 15) is 9.59 Å². The summed E-state index contributed by atoms with van der Waals surface area (Å²) in [5.41, 5.74) is 1.12. The molecule has 4 bridgehead atoms. The molecule has 4 aliphatic rings. The van der Waals surface area contributed by atoms with Crippen molar-refractivity contribution < 1.29 is 14.3 Å². The predicted octanol–water partition coefficient (Wildman–Crippen LogP) is 4.11. The van der Waals surface area contributed by atoms with Crippen LogP contribution in [0, 0.1) is 23.2 Å². The molecule has 0 atom stereocenters. The Morgan fingerprint density at radius 3 is 2.19 bits per heavy atom. The van der Waals surface area contributed by atoms with Crippen molar-refractivity contribution in [3.63, 3.8) is 0 Å². The van der Waals surface area contributed by atoms with Gasteiger partial charge in [0.2, 0.25) is 0 Å². The molecule has 0 unspecified atom stereocenters. The Balaban J connectivity index is 1.21. The molecule has 0 heterocycles. The Morgan fingerprint density at radius 2 is 1.62 bits per heavy atom. The molecule has 140 valence electrons. The first-order valence-electron chi connectivity index (χ1n) is 9.66. The minimum absolute atomic E-state index is 0.158. The molecular weight excluding hydrogens is 350 g/mol. The second-order valence-electron chi connectivity index (χ2n) is 8.66. The summed E-state index contributed by atoms with van der Waals surface area (Å²) in [4.78, 5) is 24.3. The number of halogens is 1. The summed E-state index contributed by atoms with van der Waals surface area (Å²) in [6.45, 7) is 0.210. The monoisotopic (exact) mass is 375 g/mol. The quantitative estimate of drug-likeness (QED) is 0.761. The van der Waals surface area contributed by atoms with Crippen molar-refractivity contribution >= 4 is 23.5 Å². The summed E-state index contributed by atoms with van der Waals surface area (Å²) in [7, 11) is 0. The molecular formula is C21H26ClNO3. The molecule has 26 heavy (non-hydrogen) atoms. The van der Waals surface area contributed by atoms with Gasteiger partial charge in [-0.2, -0.15) is 0 Å². The lowest BCUT2D eigenvalue weighted by molar-refractivity contribution is -0.155. The van der Waals surface area contributed by atoms with Crippen molar-refractivity contribution in [1.29, 1.82) is 0 Å². The Kier molecular flexibility index (Phi) is 4.96. The maximum atomic E-state index is 12.3. The minimum Gasteiger partial charge on any atom is -0.456 e. The van der Waals surface area contributed by atoms with Gasteiger partial charge in [0.25, 0.3) is 5.91 Å². The first-order valence-corrected chi connectivity index (χ1v) is 10.0. The molecule has 1 aromatic carbocycles. The van der Waals surface area contributed by atoms with Crippen molar-refractivity contribution in [2.45, 2.75) is 51.5 Å². The van der Waals surface area contributed by atoms with Gasteiger partial charge in [-0.25, -0.2) is 0 Å². The molecule has 5 rings (SSSR count). The zero-order valence-corrected chi connectivity index (χ0v) is 15.8. The average molecular weight is 376 g/mol. The van der Waals surface area contributed by atoms with Gasteiger partial charge in [0.05, 0.1) is 6.42 Å². The van der Waals surface area contributed by atoms with Crippen molar-refractivity contribution in [2.75, 3.05) is 6.61 Å². The lowest BCUT2D eigenvalue weighted by Gasteiger charge is -2.56. The van der Waals surface area contributed by atoms with E-state index in [2.05, 4.69) is 5.32 Å². The number of rotatable bonds is 6. The van der Waals surface area contributed by atoms with E-state index in [0.29, 0.717) is 18.0 Å². The van der Waals surface area contributed by atoms with E-state index >= 15 is 0 Å². The van der Waals surface area contributed by atoms with Crippen LogP contribution in [0.3, 0.4) is 0 Å². The summed E-state index contributed by atoms with van der Waals surface area (Å²) in [5.74, 6) is 1.97. The second-order valence-corrected chi connectivity index (χ2v) is 9.09. The Labute approximate surface area is 159 Å². The van der Waals surface area contributed by atoms with E-state index in [1.807, 2.05) is 12.1 Å². The predicted molar refractivity (Wildman–Crippen MR) is 99.5 cm³/mol. The molecule has 0 aliphatic heterocycles. The molecule has 4 fully saturated rings.